The van der Waals surface area contributed by atoms with Gasteiger partial charge in [-0.05, 0) is 23.3 Å². The van der Waals surface area contributed by atoms with Crippen LogP contribution in [0.1, 0.15) is 11.1 Å². The molecular weight excluding hydrogens is 248 g/mol. The predicted molar refractivity (Wildman–Crippen MR) is 84.1 cm³/mol. The molecule has 0 radical (unpaired) electrons. The first-order valence-corrected chi connectivity index (χ1v) is 6.45. The van der Waals surface area contributed by atoms with E-state index in [-0.39, 0.29) is 0 Å². The second-order valence-electron chi connectivity index (χ2n) is 4.24. The molecule has 2 rings (SSSR count). The maximum atomic E-state index is 5.28. The van der Waals surface area contributed by atoms with Gasteiger partial charge in [0.1, 0.15) is 0 Å². The zero-order valence-electron chi connectivity index (χ0n) is 11.7. The summed E-state index contributed by atoms with van der Waals surface area (Å²) in [5.74, 6) is 1.48. The summed E-state index contributed by atoms with van der Waals surface area (Å²) < 4.78 is 10.5. The first kappa shape index (κ1) is 13.9. The minimum Gasteiger partial charge on any atom is -0.493 e. The Bertz CT molecular complexity index is 598. The molecule has 2 aromatic carbocycles. The van der Waals surface area contributed by atoms with Crippen molar-refractivity contribution in [2.24, 2.45) is 0 Å². The lowest BCUT2D eigenvalue weighted by molar-refractivity contribution is 0.355. The van der Waals surface area contributed by atoms with Gasteiger partial charge in [-0.1, -0.05) is 60.7 Å². The van der Waals surface area contributed by atoms with Crippen LogP contribution >= 0.6 is 0 Å². The standard InChI is InChI=1S/C18H18O2/c1-19-17-13-12-16(14-18(17)20-2)11-7-6-10-15-8-4-3-5-9-15/h3-14H,1-2H3. The van der Waals surface area contributed by atoms with E-state index in [1.165, 1.54) is 5.56 Å². The average molecular weight is 266 g/mol. The monoisotopic (exact) mass is 266 g/mol. The van der Waals surface area contributed by atoms with Gasteiger partial charge < -0.3 is 9.47 Å². The van der Waals surface area contributed by atoms with E-state index in [1.54, 1.807) is 14.2 Å². The molecule has 2 nitrogen and oxygen atoms in total. The fourth-order valence-electron chi connectivity index (χ4n) is 1.85. The number of ether oxygens (including phenoxy) is 2. The van der Waals surface area contributed by atoms with Gasteiger partial charge in [0.25, 0.3) is 0 Å². The lowest BCUT2D eigenvalue weighted by Crippen LogP contribution is -1.90. The molecule has 0 heterocycles. The molecule has 0 saturated heterocycles. The van der Waals surface area contributed by atoms with Crippen molar-refractivity contribution in [3.63, 3.8) is 0 Å². The molecule has 0 saturated carbocycles. The second kappa shape index (κ2) is 7.19. The second-order valence-corrected chi connectivity index (χ2v) is 4.24. The molecule has 0 aliphatic rings. The largest absolute Gasteiger partial charge is 0.493 e. The van der Waals surface area contributed by atoms with Gasteiger partial charge in [-0.3, -0.25) is 0 Å². The summed E-state index contributed by atoms with van der Waals surface area (Å²) in [6.07, 6.45) is 8.12. The Hall–Kier alpha value is -2.48. The zero-order valence-corrected chi connectivity index (χ0v) is 11.7. The maximum absolute atomic E-state index is 5.28. The molecule has 0 bridgehead atoms. The van der Waals surface area contributed by atoms with Crippen LogP contribution in [0, 0.1) is 0 Å². The molecule has 0 atom stereocenters. The first-order chi connectivity index (χ1) is 9.83. The van der Waals surface area contributed by atoms with Crippen molar-refractivity contribution >= 4 is 12.2 Å². The Morgan fingerprint density at radius 3 is 2.00 bits per heavy atom. The minimum atomic E-state index is 0.738. The van der Waals surface area contributed by atoms with E-state index < -0.39 is 0 Å². The highest BCUT2D eigenvalue weighted by Crippen LogP contribution is 2.27. The van der Waals surface area contributed by atoms with Crippen molar-refractivity contribution in [2.75, 3.05) is 14.2 Å². The summed E-state index contributed by atoms with van der Waals surface area (Å²) in [4.78, 5) is 0. The van der Waals surface area contributed by atoms with Gasteiger partial charge in [0, 0.05) is 0 Å². The van der Waals surface area contributed by atoms with Gasteiger partial charge in [-0.15, -0.1) is 0 Å². The molecule has 0 aromatic heterocycles. The average Bonchev–Trinajstić information content (AvgIpc) is 2.52. The molecule has 0 fully saturated rings. The normalized spacial score (nSPS) is 11.1. The topological polar surface area (TPSA) is 18.5 Å². The Kier molecular flexibility index (Phi) is 5.01. The van der Waals surface area contributed by atoms with Gasteiger partial charge in [0.2, 0.25) is 0 Å². The van der Waals surface area contributed by atoms with Crippen LogP contribution in [-0.4, -0.2) is 14.2 Å². The third-order valence-electron chi connectivity index (χ3n) is 2.90. The van der Waals surface area contributed by atoms with Crippen LogP contribution in [0.25, 0.3) is 12.2 Å². The lowest BCUT2D eigenvalue weighted by Gasteiger charge is -2.07. The van der Waals surface area contributed by atoms with E-state index in [0.29, 0.717) is 0 Å². The molecule has 20 heavy (non-hydrogen) atoms. The summed E-state index contributed by atoms with van der Waals surface area (Å²) in [5, 5.41) is 0. The van der Waals surface area contributed by atoms with Crippen molar-refractivity contribution in [3.05, 3.63) is 71.8 Å². The summed E-state index contributed by atoms with van der Waals surface area (Å²) >= 11 is 0. The SMILES string of the molecule is COc1ccc(C=CC=Cc2ccccc2)cc1OC. The number of hydrogen-bond donors (Lipinski definition) is 0. The highest BCUT2D eigenvalue weighted by atomic mass is 16.5. The van der Waals surface area contributed by atoms with Gasteiger partial charge in [-0.2, -0.15) is 0 Å². The van der Waals surface area contributed by atoms with Crippen molar-refractivity contribution in [2.45, 2.75) is 0 Å². The number of rotatable bonds is 5. The molecule has 0 amide bonds. The molecule has 2 aromatic rings. The van der Waals surface area contributed by atoms with E-state index >= 15 is 0 Å². The number of benzene rings is 2. The van der Waals surface area contributed by atoms with Crippen LogP contribution < -0.4 is 9.47 Å². The Labute approximate surface area is 120 Å². The van der Waals surface area contributed by atoms with E-state index in [4.69, 9.17) is 9.47 Å². The quantitative estimate of drug-likeness (QED) is 0.745. The Morgan fingerprint density at radius 1 is 0.700 bits per heavy atom. The van der Waals surface area contributed by atoms with Gasteiger partial charge in [-0.25, -0.2) is 0 Å². The van der Waals surface area contributed by atoms with Gasteiger partial charge >= 0.3 is 0 Å². The first-order valence-electron chi connectivity index (χ1n) is 6.45. The molecule has 0 N–H and O–H groups in total. The van der Waals surface area contributed by atoms with E-state index in [1.807, 2.05) is 54.6 Å². The molecule has 0 aliphatic heterocycles. The van der Waals surface area contributed by atoms with E-state index in [9.17, 15) is 0 Å². The predicted octanol–water partition coefficient (Wildman–Crippen LogP) is 4.43. The Balaban J connectivity index is 2.06. The van der Waals surface area contributed by atoms with Crippen LogP contribution in [0.4, 0.5) is 0 Å². The summed E-state index contributed by atoms with van der Waals surface area (Å²) in [5.41, 5.74) is 2.25. The van der Waals surface area contributed by atoms with Crippen LogP contribution in [0.2, 0.25) is 0 Å². The van der Waals surface area contributed by atoms with Crippen molar-refractivity contribution < 1.29 is 9.47 Å². The maximum Gasteiger partial charge on any atom is 0.161 e. The number of allylic oxidation sites excluding steroid dienone is 2. The smallest absolute Gasteiger partial charge is 0.161 e. The fourth-order valence-corrected chi connectivity index (χ4v) is 1.85. The number of methoxy groups -OCH3 is 2. The van der Waals surface area contributed by atoms with Crippen molar-refractivity contribution in [3.8, 4) is 11.5 Å². The molecule has 0 spiro atoms. The molecule has 102 valence electrons. The van der Waals surface area contributed by atoms with Crippen LogP contribution in [-0.2, 0) is 0 Å². The van der Waals surface area contributed by atoms with Crippen LogP contribution in [0.15, 0.2) is 60.7 Å². The molecule has 0 unspecified atom stereocenters. The van der Waals surface area contributed by atoms with E-state index in [2.05, 4.69) is 18.2 Å². The Morgan fingerprint density at radius 2 is 1.35 bits per heavy atom. The van der Waals surface area contributed by atoms with E-state index in [0.717, 1.165) is 17.1 Å². The minimum absolute atomic E-state index is 0.738. The lowest BCUT2D eigenvalue weighted by atomic mass is 10.1. The number of hydrogen-bond acceptors (Lipinski definition) is 2. The molecule has 2 heteroatoms. The van der Waals surface area contributed by atoms with Crippen LogP contribution in [0.3, 0.4) is 0 Å². The van der Waals surface area contributed by atoms with Crippen molar-refractivity contribution in [1.29, 1.82) is 0 Å². The van der Waals surface area contributed by atoms with Gasteiger partial charge in [0.15, 0.2) is 11.5 Å². The molecular formula is C18H18O2. The summed E-state index contributed by atoms with van der Waals surface area (Å²) in [6.45, 7) is 0. The highest BCUT2D eigenvalue weighted by Gasteiger charge is 2.01. The summed E-state index contributed by atoms with van der Waals surface area (Å²) in [6, 6.07) is 16.0. The highest BCUT2D eigenvalue weighted by molar-refractivity contribution is 5.59. The van der Waals surface area contributed by atoms with Gasteiger partial charge in [0.05, 0.1) is 14.2 Å². The van der Waals surface area contributed by atoms with Crippen LogP contribution in [0.5, 0.6) is 11.5 Å². The summed E-state index contributed by atoms with van der Waals surface area (Å²) in [7, 11) is 3.27. The third kappa shape index (κ3) is 3.75. The fraction of sp³-hybridized carbons (Fsp3) is 0.111. The molecule has 0 aliphatic carbocycles. The van der Waals surface area contributed by atoms with Crippen molar-refractivity contribution in [1.82, 2.24) is 0 Å². The third-order valence-corrected chi connectivity index (χ3v) is 2.90. The zero-order chi connectivity index (χ0) is 14.2.